The SMILES string of the molecule is Nc1ccc2c(c1)CCc1nc(NC(=O)CCCc3ccccc3)c(/C=C/c3ccccc3)nc1-2. The Hall–Kier alpha value is -4.25. The van der Waals surface area contributed by atoms with Gasteiger partial charge in [0.1, 0.15) is 5.69 Å². The minimum atomic E-state index is -0.0477. The topological polar surface area (TPSA) is 80.9 Å². The average Bonchev–Trinajstić information content (AvgIpc) is 2.88. The molecule has 5 heteroatoms. The van der Waals surface area contributed by atoms with E-state index in [1.807, 2.05) is 78.9 Å². The van der Waals surface area contributed by atoms with Gasteiger partial charge in [0.15, 0.2) is 5.82 Å². The minimum absolute atomic E-state index is 0.0477. The molecule has 3 N–H and O–H groups in total. The molecular formula is C30H28N4O. The van der Waals surface area contributed by atoms with Crippen LogP contribution < -0.4 is 11.1 Å². The van der Waals surface area contributed by atoms with Gasteiger partial charge in [0, 0.05) is 17.7 Å². The van der Waals surface area contributed by atoms with Crippen molar-refractivity contribution < 1.29 is 4.79 Å². The fraction of sp³-hybridized carbons (Fsp3) is 0.167. The van der Waals surface area contributed by atoms with Gasteiger partial charge in [0.05, 0.1) is 11.4 Å². The van der Waals surface area contributed by atoms with Crippen molar-refractivity contribution in [3.8, 4) is 11.3 Å². The van der Waals surface area contributed by atoms with Crippen molar-refractivity contribution in [3.63, 3.8) is 0 Å². The Morgan fingerprint density at radius 2 is 1.69 bits per heavy atom. The van der Waals surface area contributed by atoms with E-state index in [0.29, 0.717) is 17.9 Å². The van der Waals surface area contributed by atoms with E-state index < -0.39 is 0 Å². The summed E-state index contributed by atoms with van der Waals surface area (Å²) in [5, 5.41) is 3.03. The van der Waals surface area contributed by atoms with Crippen LogP contribution in [0, 0.1) is 0 Å². The number of benzene rings is 3. The summed E-state index contributed by atoms with van der Waals surface area (Å²) in [4.78, 5) is 22.7. The molecule has 0 saturated heterocycles. The maximum Gasteiger partial charge on any atom is 0.225 e. The smallest absolute Gasteiger partial charge is 0.225 e. The summed E-state index contributed by atoms with van der Waals surface area (Å²) < 4.78 is 0. The zero-order valence-corrected chi connectivity index (χ0v) is 19.6. The first kappa shape index (κ1) is 22.5. The number of aromatic nitrogens is 2. The zero-order valence-electron chi connectivity index (χ0n) is 19.6. The van der Waals surface area contributed by atoms with E-state index in [1.54, 1.807) is 0 Å². The number of nitrogen functional groups attached to an aromatic ring is 1. The summed E-state index contributed by atoms with van der Waals surface area (Å²) in [6.45, 7) is 0. The maximum absolute atomic E-state index is 12.8. The Balaban J connectivity index is 1.41. The highest BCUT2D eigenvalue weighted by Crippen LogP contribution is 2.34. The Morgan fingerprint density at radius 3 is 2.49 bits per heavy atom. The number of nitrogens with zero attached hydrogens (tertiary/aromatic N) is 2. The maximum atomic E-state index is 12.8. The number of fused-ring (bicyclic) bond motifs is 3. The van der Waals surface area contributed by atoms with E-state index in [-0.39, 0.29) is 5.91 Å². The van der Waals surface area contributed by atoms with E-state index in [1.165, 1.54) is 11.1 Å². The molecule has 0 atom stereocenters. The van der Waals surface area contributed by atoms with Crippen LogP contribution in [0.15, 0.2) is 78.9 Å². The highest BCUT2D eigenvalue weighted by Gasteiger charge is 2.22. The lowest BCUT2D eigenvalue weighted by Crippen LogP contribution is -2.17. The molecule has 0 radical (unpaired) electrons. The summed E-state index contributed by atoms with van der Waals surface area (Å²) in [7, 11) is 0. The molecule has 5 nitrogen and oxygen atoms in total. The number of hydrogen-bond donors (Lipinski definition) is 2. The number of anilines is 2. The molecule has 174 valence electrons. The Morgan fingerprint density at radius 1 is 0.914 bits per heavy atom. The number of rotatable bonds is 7. The predicted octanol–water partition coefficient (Wildman–Crippen LogP) is 5.96. The Kier molecular flexibility index (Phi) is 6.66. The molecule has 5 rings (SSSR count). The molecule has 0 bridgehead atoms. The molecule has 0 unspecified atom stereocenters. The molecule has 1 heterocycles. The lowest BCUT2D eigenvalue weighted by molar-refractivity contribution is -0.116. The molecule has 1 aromatic heterocycles. The van der Waals surface area contributed by atoms with Crippen LogP contribution in [0.3, 0.4) is 0 Å². The van der Waals surface area contributed by atoms with Crippen LogP contribution in [0.2, 0.25) is 0 Å². The van der Waals surface area contributed by atoms with E-state index in [0.717, 1.165) is 53.9 Å². The number of amides is 1. The second-order valence-electron chi connectivity index (χ2n) is 8.80. The highest BCUT2D eigenvalue weighted by atomic mass is 16.1. The first-order valence-electron chi connectivity index (χ1n) is 12.0. The van der Waals surface area contributed by atoms with Crippen molar-refractivity contribution >= 4 is 29.6 Å². The van der Waals surface area contributed by atoms with Crippen LogP contribution in [0.1, 0.15) is 40.9 Å². The average molecular weight is 461 g/mol. The summed E-state index contributed by atoms with van der Waals surface area (Å²) >= 11 is 0. The molecule has 4 aromatic rings. The minimum Gasteiger partial charge on any atom is -0.399 e. The van der Waals surface area contributed by atoms with Crippen molar-refractivity contribution in [2.45, 2.75) is 32.1 Å². The van der Waals surface area contributed by atoms with Crippen molar-refractivity contribution in [1.29, 1.82) is 0 Å². The van der Waals surface area contributed by atoms with Gasteiger partial charge in [-0.2, -0.15) is 0 Å². The van der Waals surface area contributed by atoms with Gasteiger partial charge in [-0.1, -0.05) is 72.8 Å². The largest absolute Gasteiger partial charge is 0.399 e. The number of nitrogens with one attached hydrogen (secondary N) is 1. The van der Waals surface area contributed by atoms with Gasteiger partial charge in [-0.25, -0.2) is 9.97 Å². The number of carbonyl (C=O) groups excluding carboxylic acids is 1. The molecule has 0 fully saturated rings. The Labute approximate surface area is 205 Å². The van der Waals surface area contributed by atoms with E-state index in [2.05, 4.69) is 17.4 Å². The number of hydrogen-bond acceptors (Lipinski definition) is 4. The molecular weight excluding hydrogens is 432 g/mol. The van der Waals surface area contributed by atoms with E-state index in [9.17, 15) is 4.79 Å². The number of aryl methyl sites for hydroxylation is 3. The first-order chi connectivity index (χ1) is 17.2. The second-order valence-corrected chi connectivity index (χ2v) is 8.80. The van der Waals surface area contributed by atoms with Gasteiger partial charge in [0.2, 0.25) is 5.91 Å². The Bertz CT molecular complexity index is 1360. The van der Waals surface area contributed by atoms with Crippen LogP contribution in [0.25, 0.3) is 23.4 Å². The number of nitrogens with two attached hydrogens (primary N) is 1. The third-order valence-electron chi connectivity index (χ3n) is 6.21. The van der Waals surface area contributed by atoms with Gasteiger partial charge < -0.3 is 11.1 Å². The molecule has 0 spiro atoms. The highest BCUT2D eigenvalue weighted by molar-refractivity contribution is 5.92. The normalized spacial score (nSPS) is 12.2. The van der Waals surface area contributed by atoms with Crippen molar-refractivity contribution in [3.05, 3.63) is 107 Å². The third-order valence-corrected chi connectivity index (χ3v) is 6.21. The summed E-state index contributed by atoms with van der Waals surface area (Å²) in [5.41, 5.74) is 13.7. The fourth-order valence-electron chi connectivity index (χ4n) is 4.42. The first-order valence-corrected chi connectivity index (χ1v) is 12.0. The molecule has 0 saturated carbocycles. The van der Waals surface area contributed by atoms with E-state index in [4.69, 9.17) is 15.7 Å². The monoisotopic (exact) mass is 460 g/mol. The lowest BCUT2D eigenvalue weighted by Gasteiger charge is -2.20. The van der Waals surface area contributed by atoms with Crippen molar-refractivity contribution in [1.82, 2.24) is 9.97 Å². The molecule has 35 heavy (non-hydrogen) atoms. The standard InChI is InChI=1S/C30H28N4O/c31-24-16-17-25-23(20-24)15-19-26-29(25)32-27(18-14-22-10-5-2-6-11-22)30(33-26)34-28(35)13-7-12-21-8-3-1-4-9-21/h1-6,8-11,14,16-18,20H,7,12-13,15,19,31H2,(H,33,34,35)/b18-14+. The lowest BCUT2D eigenvalue weighted by atomic mass is 9.91. The van der Waals surface area contributed by atoms with Gasteiger partial charge in [-0.3, -0.25) is 4.79 Å². The summed E-state index contributed by atoms with van der Waals surface area (Å²) in [6, 6.07) is 26.2. The van der Waals surface area contributed by atoms with Crippen molar-refractivity contribution in [2.24, 2.45) is 0 Å². The summed E-state index contributed by atoms with van der Waals surface area (Å²) in [6.07, 6.45) is 7.60. The zero-order chi connectivity index (χ0) is 24.0. The molecule has 0 aliphatic heterocycles. The van der Waals surface area contributed by atoms with Gasteiger partial charge >= 0.3 is 0 Å². The van der Waals surface area contributed by atoms with E-state index >= 15 is 0 Å². The van der Waals surface area contributed by atoms with Crippen LogP contribution >= 0.6 is 0 Å². The molecule has 1 amide bonds. The van der Waals surface area contributed by atoms with Crippen LogP contribution in [0.4, 0.5) is 11.5 Å². The van der Waals surface area contributed by atoms with Gasteiger partial charge in [-0.05, 0) is 60.6 Å². The van der Waals surface area contributed by atoms with Crippen LogP contribution in [0.5, 0.6) is 0 Å². The van der Waals surface area contributed by atoms with Crippen LogP contribution in [-0.4, -0.2) is 15.9 Å². The third kappa shape index (κ3) is 5.46. The van der Waals surface area contributed by atoms with Crippen molar-refractivity contribution in [2.75, 3.05) is 11.1 Å². The molecule has 1 aliphatic carbocycles. The van der Waals surface area contributed by atoms with Gasteiger partial charge in [-0.15, -0.1) is 0 Å². The number of carbonyl (C=O) groups is 1. The fourth-order valence-corrected chi connectivity index (χ4v) is 4.42. The summed E-state index contributed by atoms with van der Waals surface area (Å²) in [5.74, 6) is 0.466. The van der Waals surface area contributed by atoms with Gasteiger partial charge in [0.25, 0.3) is 0 Å². The van der Waals surface area contributed by atoms with Crippen LogP contribution in [-0.2, 0) is 24.1 Å². The predicted molar refractivity (Wildman–Crippen MR) is 143 cm³/mol. The quantitative estimate of drug-likeness (QED) is 0.334. The molecule has 1 aliphatic rings. The second kappa shape index (κ2) is 10.3. The molecule has 3 aromatic carbocycles.